The van der Waals surface area contributed by atoms with E-state index in [1.165, 1.54) is 0 Å². The molecule has 1 unspecified atom stereocenters. The van der Waals surface area contributed by atoms with Crippen molar-refractivity contribution in [3.63, 3.8) is 0 Å². The predicted molar refractivity (Wildman–Crippen MR) is 68.8 cm³/mol. The van der Waals surface area contributed by atoms with E-state index in [9.17, 15) is 9.90 Å². The Morgan fingerprint density at radius 2 is 2.24 bits per heavy atom. The van der Waals surface area contributed by atoms with Gasteiger partial charge in [0.05, 0.1) is 11.7 Å². The van der Waals surface area contributed by atoms with Crippen molar-refractivity contribution in [3.8, 4) is 0 Å². The Morgan fingerprint density at radius 3 is 2.82 bits per heavy atom. The lowest BCUT2D eigenvalue weighted by molar-refractivity contribution is 0.100. The first-order chi connectivity index (χ1) is 8.04. The summed E-state index contributed by atoms with van der Waals surface area (Å²) in [5.74, 6) is -0.497. The Kier molecular flexibility index (Phi) is 4.78. The Labute approximate surface area is 101 Å². The van der Waals surface area contributed by atoms with E-state index in [2.05, 4.69) is 5.32 Å². The molecule has 5 heteroatoms. The minimum atomic E-state index is -0.497. The number of amides is 1. The maximum absolute atomic E-state index is 11.2. The van der Waals surface area contributed by atoms with E-state index in [1.807, 2.05) is 6.92 Å². The van der Waals surface area contributed by atoms with Crippen molar-refractivity contribution < 1.29 is 9.90 Å². The zero-order valence-electron chi connectivity index (χ0n) is 9.94. The number of aliphatic hydroxyl groups is 1. The highest BCUT2D eigenvalue weighted by Crippen LogP contribution is 2.18. The third-order valence-electron chi connectivity index (χ3n) is 2.57. The molecule has 1 rings (SSSR count). The van der Waals surface area contributed by atoms with Gasteiger partial charge in [0.1, 0.15) is 0 Å². The molecule has 1 aromatic rings. The van der Waals surface area contributed by atoms with Crippen LogP contribution in [-0.4, -0.2) is 23.7 Å². The summed E-state index contributed by atoms with van der Waals surface area (Å²) in [6, 6.07) is 4.89. The Bertz CT molecular complexity index is 393. The van der Waals surface area contributed by atoms with Gasteiger partial charge in [-0.3, -0.25) is 4.79 Å². The number of nitrogen functional groups attached to an aromatic ring is 1. The molecule has 0 radical (unpaired) electrons. The van der Waals surface area contributed by atoms with Crippen LogP contribution in [0.1, 0.15) is 30.1 Å². The van der Waals surface area contributed by atoms with Crippen LogP contribution >= 0.6 is 0 Å². The van der Waals surface area contributed by atoms with Crippen molar-refractivity contribution >= 4 is 17.3 Å². The third kappa shape index (κ3) is 3.96. The van der Waals surface area contributed by atoms with E-state index in [1.54, 1.807) is 18.2 Å². The molecule has 0 fully saturated rings. The van der Waals surface area contributed by atoms with E-state index in [4.69, 9.17) is 11.5 Å². The van der Waals surface area contributed by atoms with Crippen molar-refractivity contribution in [2.75, 3.05) is 17.6 Å². The molecule has 5 nitrogen and oxygen atoms in total. The normalized spacial score (nSPS) is 12.1. The molecular weight excluding hydrogens is 218 g/mol. The van der Waals surface area contributed by atoms with Crippen molar-refractivity contribution in [1.29, 1.82) is 0 Å². The van der Waals surface area contributed by atoms with E-state index in [-0.39, 0.29) is 6.10 Å². The summed E-state index contributed by atoms with van der Waals surface area (Å²) in [6.07, 6.45) is 0.991. The van der Waals surface area contributed by atoms with Crippen LogP contribution in [0.5, 0.6) is 0 Å². The average Bonchev–Trinajstić information content (AvgIpc) is 2.28. The van der Waals surface area contributed by atoms with Gasteiger partial charge in [0.15, 0.2) is 0 Å². The predicted octanol–water partition coefficient (Wildman–Crippen LogP) is 0.941. The van der Waals surface area contributed by atoms with E-state index in [0.717, 1.165) is 0 Å². The zero-order chi connectivity index (χ0) is 12.8. The number of aliphatic hydroxyl groups excluding tert-OH is 1. The topological polar surface area (TPSA) is 101 Å². The van der Waals surface area contributed by atoms with Crippen LogP contribution in [0.15, 0.2) is 18.2 Å². The molecule has 1 aromatic carbocycles. The molecule has 0 aliphatic carbocycles. The lowest BCUT2D eigenvalue weighted by atomic mass is 10.1. The number of carbonyl (C=O) groups excluding carboxylic acids is 1. The molecule has 6 N–H and O–H groups in total. The molecule has 0 aliphatic rings. The molecule has 0 aromatic heterocycles. The van der Waals surface area contributed by atoms with Crippen LogP contribution in [0.3, 0.4) is 0 Å². The summed E-state index contributed by atoms with van der Waals surface area (Å²) >= 11 is 0. The summed E-state index contributed by atoms with van der Waals surface area (Å²) in [7, 11) is 0. The zero-order valence-corrected chi connectivity index (χ0v) is 9.94. The highest BCUT2D eigenvalue weighted by molar-refractivity contribution is 5.99. The number of primary amides is 1. The van der Waals surface area contributed by atoms with E-state index in [0.29, 0.717) is 36.3 Å². The maximum atomic E-state index is 11.2. The van der Waals surface area contributed by atoms with Gasteiger partial charge in [0, 0.05) is 17.9 Å². The lowest BCUT2D eigenvalue weighted by Gasteiger charge is -2.12. The van der Waals surface area contributed by atoms with Crippen LogP contribution in [0.25, 0.3) is 0 Å². The van der Waals surface area contributed by atoms with Crippen molar-refractivity contribution in [3.05, 3.63) is 23.8 Å². The Hall–Kier alpha value is -1.75. The molecule has 0 spiro atoms. The van der Waals surface area contributed by atoms with Crippen LogP contribution in [0, 0.1) is 0 Å². The van der Waals surface area contributed by atoms with Gasteiger partial charge in [0.25, 0.3) is 5.91 Å². The van der Waals surface area contributed by atoms with Gasteiger partial charge in [0.2, 0.25) is 0 Å². The fourth-order valence-electron chi connectivity index (χ4n) is 1.50. The second-order valence-corrected chi connectivity index (χ2v) is 3.95. The van der Waals surface area contributed by atoms with Crippen molar-refractivity contribution in [2.45, 2.75) is 25.9 Å². The number of benzene rings is 1. The van der Waals surface area contributed by atoms with Gasteiger partial charge >= 0.3 is 0 Å². The van der Waals surface area contributed by atoms with E-state index >= 15 is 0 Å². The molecule has 0 bridgehead atoms. The molecule has 1 atom stereocenters. The van der Waals surface area contributed by atoms with Gasteiger partial charge < -0.3 is 21.9 Å². The number of hydrogen-bond donors (Lipinski definition) is 4. The molecule has 17 heavy (non-hydrogen) atoms. The van der Waals surface area contributed by atoms with Gasteiger partial charge in [-0.2, -0.15) is 0 Å². The summed E-state index contributed by atoms with van der Waals surface area (Å²) in [5, 5.41) is 12.5. The smallest absolute Gasteiger partial charge is 0.250 e. The van der Waals surface area contributed by atoms with Crippen LogP contribution in [-0.2, 0) is 0 Å². The standard InChI is InChI=1S/C12H19N3O2/c1-2-9(16)5-6-15-11-7-8(13)3-4-10(11)12(14)17/h3-4,7,9,15-16H,2,5-6,13H2,1H3,(H2,14,17). The summed E-state index contributed by atoms with van der Waals surface area (Å²) in [5.41, 5.74) is 12.5. The fraction of sp³-hybridized carbons (Fsp3) is 0.417. The van der Waals surface area contributed by atoms with Gasteiger partial charge in [-0.15, -0.1) is 0 Å². The molecule has 94 valence electrons. The molecular formula is C12H19N3O2. The first-order valence-corrected chi connectivity index (χ1v) is 5.65. The van der Waals surface area contributed by atoms with Crippen LogP contribution in [0.4, 0.5) is 11.4 Å². The van der Waals surface area contributed by atoms with Gasteiger partial charge in [-0.05, 0) is 31.0 Å². The molecule has 0 saturated heterocycles. The molecule has 0 heterocycles. The highest BCUT2D eigenvalue weighted by atomic mass is 16.3. The molecule has 0 aliphatic heterocycles. The number of carbonyl (C=O) groups is 1. The largest absolute Gasteiger partial charge is 0.399 e. The van der Waals surface area contributed by atoms with E-state index < -0.39 is 5.91 Å². The number of hydrogen-bond acceptors (Lipinski definition) is 4. The number of nitrogens with one attached hydrogen (secondary N) is 1. The minimum absolute atomic E-state index is 0.333. The first-order valence-electron chi connectivity index (χ1n) is 5.65. The average molecular weight is 237 g/mol. The summed E-state index contributed by atoms with van der Waals surface area (Å²) < 4.78 is 0. The summed E-state index contributed by atoms with van der Waals surface area (Å²) in [4.78, 5) is 11.2. The fourth-order valence-corrected chi connectivity index (χ4v) is 1.50. The lowest BCUT2D eigenvalue weighted by Crippen LogP contribution is -2.17. The van der Waals surface area contributed by atoms with Crippen molar-refractivity contribution in [1.82, 2.24) is 0 Å². The van der Waals surface area contributed by atoms with Gasteiger partial charge in [-0.25, -0.2) is 0 Å². The number of rotatable bonds is 6. The minimum Gasteiger partial charge on any atom is -0.399 e. The summed E-state index contributed by atoms with van der Waals surface area (Å²) in [6.45, 7) is 2.48. The Morgan fingerprint density at radius 1 is 1.53 bits per heavy atom. The quantitative estimate of drug-likeness (QED) is 0.553. The molecule has 1 amide bonds. The third-order valence-corrected chi connectivity index (χ3v) is 2.57. The second kappa shape index (κ2) is 6.10. The SMILES string of the molecule is CCC(O)CCNc1cc(N)ccc1C(N)=O. The number of nitrogens with two attached hydrogens (primary N) is 2. The highest BCUT2D eigenvalue weighted by Gasteiger charge is 2.08. The molecule has 0 saturated carbocycles. The van der Waals surface area contributed by atoms with Crippen LogP contribution < -0.4 is 16.8 Å². The number of anilines is 2. The Balaban J connectivity index is 2.68. The maximum Gasteiger partial charge on any atom is 0.250 e. The first kappa shape index (κ1) is 13.3. The van der Waals surface area contributed by atoms with Crippen molar-refractivity contribution in [2.24, 2.45) is 5.73 Å². The van der Waals surface area contributed by atoms with Gasteiger partial charge in [-0.1, -0.05) is 6.92 Å². The monoisotopic (exact) mass is 237 g/mol. The second-order valence-electron chi connectivity index (χ2n) is 3.95. The van der Waals surface area contributed by atoms with Crippen LogP contribution in [0.2, 0.25) is 0 Å².